The number of rotatable bonds is 6. The summed E-state index contributed by atoms with van der Waals surface area (Å²) in [6, 6.07) is 9.14. The first-order chi connectivity index (χ1) is 10.1. The summed E-state index contributed by atoms with van der Waals surface area (Å²) in [6.07, 6.45) is 3.91. The molecule has 1 unspecified atom stereocenters. The van der Waals surface area contributed by atoms with Gasteiger partial charge in [-0.05, 0) is 76.4 Å². The molecule has 0 aromatic heterocycles. The van der Waals surface area contributed by atoms with Crippen molar-refractivity contribution in [1.82, 2.24) is 10.2 Å². The zero-order valence-corrected chi connectivity index (χ0v) is 14.4. The number of hydrogen-bond donors (Lipinski definition) is 1. The lowest BCUT2D eigenvalue weighted by Crippen LogP contribution is -2.42. The maximum atomic E-state index is 5.96. The van der Waals surface area contributed by atoms with Crippen LogP contribution in [0.5, 0.6) is 0 Å². The molecule has 2 rings (SSSR count). The number of hydrogen-bond acceptors (Lipinski definition) is 2. The number of benzene rings is 1. The second-order valence-electron chi connectivity index (χ2n) is 6.41. The Kier molecular flexibility index (Phi) is 6.53. The molecule has 3 heteroatoms. The van der Waals surface area contributed by atoms with E-state index in [9.17, 15) is 0 Å². The van der Waals surface area contributed by atoms with Gasteiger partial charge in [0.1, 0.15) is 0 Å². The fourth-order valence-corrected chi connectivity index (χ4v) is 3.50. The number of nitrogens with zero attached hydrogens (tertiary/aromatic N) is 1. The van der Waals surface area contributed by atoms with Gasteiger partial charge in [-0.1, -0.05) is 30.7 Å². The van der Waals surface area contributed by atoms with Gasteiger partial charge in [0.25, 0.3) is 0 Å². The van der Waals surface area contributed by atoms with E-state index >= 15 is 0 Å². The van der Waals surface area contributed by atoms with Crippen molar-refractivity contribution in [2.24, 2.45) is 5.92 Å². The molecule has 1 N–H and O–H groups in total. The highest BCUT2D eigenvalue weighted by Crippen LogP contribution is 2.23. The van der Waals surface area contributed by atoms with E-state index in [-0.39, 0.29) is 0 Å². The average Bonchev–Trinajstić information content (AvgIpc) is 2.49. The van der Waals surface area contributed by atoms with Gasteiger partial charge in [0.05, 0.1) is 0 Å². The van der Waals surface area contributed by atoms with E-state index in [4.69, 9.17) is 11.6 Å². The topological polar surface area (TPSA) is 15.3 Å². The summed E-state index contributed by atoms with van der Waals surface area (Å²) >= 11 is 5.96. The molecule has 1 aliphatic heterocycles. The quantitative estimate of drug-likeness (QED) is 0.832. The largest absolute Gasteiger partial charge is 0.307 e. The Morgan fingerprint density at radius 2 is 1.81 bits per heavy atom. The molecule has 0 radical (unpaired) electrons. The minimum atomic E-state index is 0.380. The van der Waals surface area contributed by atoms with E-state index in [0.717, 1.165) is 10.9 Å². The van der Waals surface area contributed by atoms with Crippen LogP contribution in [0.2, 0.25) is 5.02 Å². The van der Waals surface area contributed by atoms with Crippen molar-refractivity contribution in [2.75, 3.05) is 19.6 Å². The first kappa shape index (κ1) is 16.8. The highest BCUT2D eigenvalue weighted by molar-refractivity contribution is 6.30. The SMILES string of the molecule is CCCN1CCC(C(C)N[C@@H](C)c2ccc(Cl)cc2)CC1. The molecule has 1 heterocycles. The second kappa shape index (κ2) is 8.17. The van der Waals surface area contributed by atoms with Crippen molar-refractivity contribution in [1.29, 1.82) is 0 Å². The van der Waals surface area contributed by atoms with Crippen LogP contribution in [0, 0.1) is 5.92 Å². The maximum absolute atomic E-state index is 5.96. The molecule has 0 bridgehead atoms. The molecule has 21 heavy (non-hydrogen) atoms. The molecule has 1 aliphatic rings. The van der Waals surface area contributed by atoms with Crippen LogP contribution >= 0.6 is 11.6 Å². The van der Waals surface area contributed by atoms with Crippen LogP contribution in [-0.4, -0.2) is 30.6 Å². The van der Waals surface area contributed by atoms with Gasteiger partial charge in [-0.3, -0.25) is 0 Å². The van der Waals surface area contributed by atoms with Crippen molar-refractivity contribution in [3.63, 3.8) is 0 Å². The molecule has 1 aromatic rings. The summed E-state index contributed by atoms with van der Waals surface area (Å²) in [4.78, 5) is 2.60. The zero-order valence-electron chi connectivity index (χ0n) is 13.6. The van der Waals surface area contributed by atoms with Gasteiger partial charge in [0, 0.05) is 17.1 Å². The van der Waals surface area contributed by atoms with E-state index in [0.29, 0.717) is 12.1 Å². The molecule has 0 amide bonds. The Morgan fingerprint density at radius 3 is 2.38 bits per heavy atom. The first-order valence-corrected chi connectivity index (χ1v) is 8.71. The zero-order chi connectivity index (χ0) is 15.2. The molecule has 1 saturated heterocycles. The Bertz CT molecular complexity index is 410. The molecule has 2 atom stereocenters. The number of piperidine rings is 1. The minimum absolute atomic E-state index is 0.380. The molecule has 1 aromatic carbocycles. The van der Waals surface area contributed by atoms with Gasteiger partial charge in [-0.25, -0.2) is 0 Å². The fourth-order valence-electron chi connectivity index (χ4n) is 3.37. The Hall–Kier alpha value is -0.570. The van der Waals surface area contributed by atoms with Gasteiger partial charge in [-0.15, -0.1) is 0 Å². The van der Waals surface area contributed by atoms with Crippen LogP contribution in [0.4, 0.5) is 0 Å². The van der Waals surface area contributed by atoms with Crippen molar-refractivity contribution in [3.05, 3.63) is 34.9 Å². The number of halogens is 1. The van der Waals surface area contributed by atoms with E-state index in [1.165, 1.54) is 44.5 Å². The standard InChI is InChI=1S/C18H29ClN2/c1-4-11-21-12-9-17(10-13-21)15(3)20-14(2)16-5-7-18(19)8-6-16/h5-8,14-15,17,20H,4,9-13H2,1-3H3/t14-,15?/m0/s1. The monoisotopic (exact) mass is 308 g/mol. The third kappa shape index (κ3) is 4.98. The fraction of sp³-hybridized carbons (Fsp3) is 0.667. The lowest BCUT2D eigenvalue weighted by atomic mass is 9.89. The third-order valence-electron chi connectivity index (χ3n) is 4.76. The molecular formula is C18H29ClN2. The molecule has 0 aliphatic carbocycles. The molecule has 2 nitrogen and oxygen atoms in total. The predicted molar refractivity (Wildman–Crippen MR) is 91.9 cm³/mol. The van der Waals surface area contributed by atoms with Gasteiger partial charge >= 0.3 is 0 Å². The maximum Gasteiger partial charge on any atom is 0.0406 e. The molecule has 118 valence electrons. The lowest BCUT2D eigenvalue weighted by molar-refractivity contribution is 0.159. The predicted octanol–water partition coefficient (Wildman–Crippen LogP) is 4.50. The Balaban J connectivity index is 1.81. The molecule has 0 saturated carbocycles. The normalized spacial score (nSPS) is 20.4. The number of likely N-dealkylation sites (tertiary alicyclic amines) is 1. The van der Waals surface area contributed by atoms with Crippen molar-refractivity contribution < 1.29 is 0 Å². The van der Waals surface area contributed by atoms with Crippen LogP contribution in [0.1, 0.15) is 51.6 Å². The minimum Gasteiger partial charge on any atom is -0.307 e. The van der Waals surface area contributed by atoms with Crippen LogP contribution in [0.15, 0.2) is 24.3 Å². The van der Waals surface area contributed by atoms with E-state index in [1.54, 1.807) is 0 Å². The molecular weight excluding hydrogens is 280 g/mol. The lowest BCUT2D eigenvalue weighted by Gasteiger charge is -2.36. The molecule has 0 spiro atoms. The smallest absolute Gasteiger partial charge is 0.0406 e. The summed E-state index contributed by atoms with van der Waals surface area (Å²) in [5, 5.41) is 4.58. The van der Waals surface area contributed by atoms with Crippen LogP contribution in [0.25, 0.3) is 0 Å². The van der Waals surface area contributed by atoms with Gasteiger partial charge in [-0.2, -0.15) is 0 Å². The van der Waals surface area contributed by atoms with Crippen molar-refractivity contribution in [2.45, 2.75) is 52.1 Å². The van der Waals surface area contributed by atoms with Gasteiger partial charge in [0.2, 0.25) is 0 Å². The van der Waals surface area contributed by atoms with Crippen LogP contribution in [0.3, 0.4) is 0 Å². The summed E-state index contributed by atoms with van der Waals surface area (Å²) in [7, 11) is 0. The number of nitrogens with one attached hydrogen (secondary N) is 1. The van der Waals surface area contributed by atoms with Crippen molar-refractivity contribution in [3.8, 4) is 0 Å². The summed E-state index contributed by atoms with van der Waals surface area (Å²) in [6.45, 7) is 10.6. The van der Waals surface area contributed by atoms with Crippen LogP contribution < -0.4 is 5.32 Å². The Labute approximate surface area is 134 Å². The van der Waals surface area contributed by atoms with E-state index in [2.05, 4.69) is 43.1 Å². The summed E-state index contributed by atoms with van der Waals surface area (Å²) in [5.74, 6) is 0.799. The second-order valence-corrected chi connectivity index (χ2v) is 6.84. The van der Waals surface area contributed by atoms with E-state index in [1.807, 2.05) is 12.1 Å². The van der Waals surface area contributed by atoms with Gasteiger partial charge < -0.3 is 10.2 Å². The molecule has 1 fully saturated rings. The van der Waals surface area contributed by atoms with Crippen molar-refractivity contribution >= 4 is 11.6 Å². The first-order valence-electron chi connectivity index (χ1n) is 8.34. The summed E-state index contributed by atoms with van der Waals surface area (Å²) < 4.78 is 0. The third-order valence-corrected chi connectivity index (χ3v) is 5.01. The highest BCUT2D eigenvalue weighted by atomic mass is 35.5. The Morgan fingerprint density at radius 1 is 1.19 bits per heavy atom. The van der Waals surface area contributed by atoms with E-state index < -0.39 is 0 Å². The average molecular weight is 309 g/mol. The highest BCUT2D eigenvalue weighted by Gasteiger charge is 2.24. The summed E-state index contributed by atoms with van der Waals surface area (Å²) in [5.41, 5.74) is 1.31. The van der Waals surface area contributed by atoms with Crippen LogP contribution in [-0.2, 0) is 0 Å². The van der Waals surface area contributed by atoms with Gasteiger partial charge in [0.15, 0.2) is 0 Å².